The summed E-state index contributed by atoms with van der Waals surface area (Å²) in [6.07, 6.45) is 1.29. The molecule has 26 heavy (non-hydrogen) atoms. The molecular weight excluding hydrogens is 343 g/mol. The van der Waals surface area contributed by atoms with Crippen LogP contribution in [0.4, 0.5) is 13.2 Å². The maximum absolute atomic E-state index is 13.9. The van der Waals surface area contributed by atoms with E-state index in [0.29, 0.717) is 25.9 Å². The lowest BCUT2D eigenvalue weighted by Crippen LogP contribution is -2.40. The zero-order valence-electron chi connectivity index (χ0n) is 14.4. The van der Waals surface area contributed by atoms with Crippen molar-refractivity contribution in [2.24, 2.45) is 5.92 Å². The monoisotopic (exact) mass is 363 g/mol. The number of carbonyl (C=O) groups excluding carboxylic acids is 1. The summed E-state index contributed by atoms with van der Waals surface area (Å²) in [6, 6.07) is 11.6. The Balaban J connectivity index is 1.68. The Morgan fingerprint density at radius 1 is 1.04 bits per heavy atom. The lowest BCUT2D eigenvalue weighted by Gasteiger charge is -2.35. The number of ether oxygens (including phenoxy) is 1. The van der Waals surface area contributed by atoms with Gasteiger partial charge in [0.15, 0.2) is 17.5 Å². The molecule has 2 aromatic rings. The molecule has 0 N–H and O–H groups in total. The Hall–Kier alpha value is -2.34. The van der Waals surface area contributed by atoms with Gasteiger partial charge in [0.2, 0.25) is 0 Å². The predicted octanol–water partition coefficient (Wildman–Crippen LogP) is 4.34. The van der Waals surface area contributed by atoms with Crippen LogP contribution in [0.3, 0.4) is 0 Å². The van der Waals surface area contributed by atoms with Crippen molar-refractivity contribution in [3.63, 3.8) is 0 Å². The third-order valence-corrected chi connectivity index (χ3v) is 4.90. The number of carbonyl (C=O) groups is 1. The molecule has 0 aromatic heterocycles. The molecule has 138 valence electrons. The van der Waals surface area contributed by atoms with E-state index in [1.54, 1.807) is 7.11 Å². The van der Waals surface area contributed by atoms with Gasteiger partial charge in [0.05, 0.1) is 11.7 Å². The van der Waals surface area contributed by atoms with E-state index in [0.717, 1.165) is 17.7 Å². The highest BCUT2D eigenvalue weighted by Gasteiger charge is 2.31. The number of hydrogen-bond donors (Lipinski definition) is 0. The molecule has 1 heterocycles. The molecule has 0 bridgehead atoms. The van der Waals surface area contributed by atoms with Crippen LogP contribution in [0.1, 0.15) is 34.9 Å². The average Bonchev–Trinajstić information content (AvgIpc) is 2.68. The standard InChI is InChI=1S/C20H20F3NO2/c1-26-19(13-5-3-2-4-6-13)14-9-11-24(12-10-14)20(25)15-7-8-16(21)18(23)17(15)22/h2-8,14,19H,9-12H2,1H3. The summed E-state index contributed by atoms with van der Waals surface area (Å²) < 4.78 is 46.0. The second kappa shape index (κ2) is 7.91. The first kappa shape index (κ1) is 18.5. The van der Waals surface area contributed by atoms with Crippen molar-refractivity contribution in [1.82, 2.24) is 4.90 Å². The first-order valence-corrected chi connectivity index (χ1v) is 8.53. The number of likely N-dealkylation sites (tertiary alicyclic amines) is 1. The number of amides is 1. The van der Waals surface area contributed by atoms with E-state index in [4.69, 9.17) is 4.74 Å². The maximum atomic E-state index is 13.9. The predicted molar refractivity (Wildman–Crippen MR) is 91.1 cm³/mol. The van der Waals surface area contributed by atoms with Gasteiger partial charge in [0, 0.05) is 20.2 Å². The highest BCUT2D eigenvalue weighted by Crippen LogP contribution is 2.33. The van der Waals surface area contributed by atoms with Gasteiger partial charge in [-0.1, -0.05) is 30.3 Å². The van der Waals surface area contributed by atoms with Crippen LogP contribution >= 0.6 is 0 Å². The molecule has 2 aromatic carbocycles. The number of benzene rings is 2. The number of halogens is 3. The minimum absolute atomic E-state index is 0.0755. The summed E-state index contributed by atoms with van der Waals surface area (Å²) in [4.78, 5) is 13.9. The van der Waals surface area contributed by atoms with E-state index in [1.807, 2.05) is 30.3 Å². The van der Waals surface area contributed by atoms with E-state index in [-0.39, 0.29) is 12.0 Å². The van der Waals surface area contributed by atoms with E-state index >= 15 is 0 Å². The molecule has 3 rings (SSSR count). The van der Waals surface area contributed by atoms with Gasteiger partial charge >= 0.3 is 0 Å². The Kier molecular flexibility index (Phi) is 5.61. The summed E-state index contributed by atoms with van der Waals surface area (Å²) in [5, 5.41) is 0. The van der Waals surface area contributed by atoms with Crippen LogP contribution in [0.2, 0.25) is 0 Å². The third-order valence-electron chi connectivity index (χ3n) is 4.90. The number of methoxy groups -OCH3 is 1. The third kappa shape index (κ3) is 3.60. The van der Waals surface area contributed by atoms with Gasteiger partial charge in [-0.2, -0.15) is 0 Å². The van der Waals surface area contributed by atoms with Crippen LogP contribution in [0, 0.1) is 23.4 Å². The van der Waals surface area contributed by atoms with Gasteiger partial charge in [0.1, 0.15) is 0 Å². The summed E-state index contributed by atoms with van der Waals surface area (Å²) in [6.45, 7) is 0.823. The molecular formula is C20H20F3NO2. The van der Waals surface area contributed by atoms with Crippen LogP contribution in [0.25, 0.3) is 0 Å². The fourth-order valence-corrected chi connectivity index (χ4v) is 3.51. The van der Waals surface area contributed by atoms with Crippen molar-refractivity contribution < 1.29 is 22.7 Å². The van der Waals surface area contributed by atoms with Crippen LogP contribution < -0.4 is 0 Å². The zero-order valence-corrected chi connectivity index (χ0v) is 14.4. The van der Waals surface area contributed by atoms with Crippen molar-refractivity contribution in [2.45, 2.75) is 18.9 Å². The Morgan fingerprint density at radius 3 is 2.31 bits per heavy atom. The van der Waals surface area contributed by atoms with Crippen molar-refractivity contribution in [3.05, 3.63) is 71.0 Å². The van der Waals surface area contributed by atoms with Gasteiger partial charge in [-0.25, -0.2) is 13.2 Å². The first-order valence-electron chi connectivity index (χ1n) is 8.53. The zero-order chi connectivity index (χ0) is 18.7. The molecule has 1 atom stereocenters. The molecule has 6 heteroatoms. The van der Waals surface area contributed by atoms with Crippen molar-refractivity contribution in [2.75, 3.05) is 20.2 Å². The molecule has 1 saturated heterocycles. The molecule has 1 aliphatic rings. The smallest absolute Gasteiger partial charge is 0.256 e. The second-order valence-electron chi connectivity index (χ2n) is 6.42. The van der Waals surface area contributed by atoms with Gasteiger partial charge in [-0.3, -0.25) is 4.79 Å². The molecule has 1 fully saturated rings. The molecule has 3 nitrogen and oxygen atoms in total. The van der Waals surface area contributed by atoms with Gasteiger partial charge < -0.3 is 9.64 Å². The van der Waals surface area contributed by atoms with Crippen LogP contribution in [-0.4, -0.2) is 31.0 Å². The highest BCUT2D eigenvalue weighted by atomic mass is 19.2. The Labute approximate surface area is 150 Å². The van der Waals surface area contributed by atoms with Gasteiger partial charge in [0.25, 0.3) is 5.91 Å². The summed E-state index contributed by atoms with van der Waals surface area (Å²) >= 11 is 0. The number of rotatable bonds is 4. The summed E-state index contributed by atoms with van der Waals surface area (Å²) in [7, 11) is 1.66. The highest BCUT2D eigenvalue weighted by molar-refractivity contribution is 5.94. The van der Waals surface area contributed by atoms with Gasteiger partial charge in [-0.15, -0.1) is 0 Å². The molecule has 1 amide bonds. The van der Waals surface area contributed by atoms with Crippen LogP contribution in [0.15, 0.2) is 42.5 Å². The van der Waals surface area contributed by atoms with E-state index in [9.17, 15) is 18.0 Å². The second-order valence-corrected chi connectivity index (χ2v) is 6.42. The van der Waals surface area contributed by atoms with Crippen molar-refractivity contribution in [3.8, 4) is 0 Å². The Morgan fingerprint density at radius 2 is 1.69 bits per heavy atom. The fraction of sp³-hybridized carbons (Fsp3) is 0.350. The normalized spacial score (nSPS) is 16.5. The topological polar surface area (TPSA) is 29.5 Å². The van der Waals surface area contributed by atoms with Crippen LogP contribution in [0.5, 0.6) is 0 Å². The largest absolute Gasteiger partial charge is 0.376 e. The van der Waals surface area contributed by atoms with Crippen molar-refractivity contribution in [1.29, 1.82) is 0 Å². The minimum atomic E-state index is -1.62. The van der Waals surface area contributed by atoms with E-state index in [1.165, 1.54) is 4.90 Å². The van der Waals surface area contributed by atoms with Crippen molar-refractivity contribution >= 4 is 5.91 Å². The average molecular weight is 363 g/mol. The maximum Gasteiger partial charge on any atom is 0.256 e. The number of hydrogen-bond acceptors (Lipinski definition) is 2. The molecule has 0 spiro atoms. The number of piperidine rings is 1. The summed E-state index contributed by atoms with van der Waals surface area (Å²) in [5.74, 6) is -4.75. The minimum Gasteiger partial charge on any atom is -0.376 e. The number of nitrogens with zero attached hydrogens (tertiary/aromatic N) is 1. The SMILES string of the molecule is COC(c1ccccc1)C1CCN(C(=O)c2ccc(F)c(F)c2F)CC1. The molecule has 1 unspecified atom stereocenters. The molecule has 0 aliphatic carbocycles. The van der Waals surface area contributed by atoms with Crippen LogP contribution in [-0.2, 0) is 4.74 Å². The molecule has 1 aliphatic heterocycles. The van der Waals surface area contributed by atoms with Gasteiger partial charge in [-0.05, 0) is 36.5 Å². The quantitative estimate of drug-likeness (QED) is 0.756. The lowest BCUT2D eigenvalue weighted by molar-refractivity contribution is 0.0193. The van der Waals surface area contributed by atoms with E-state index < -0.39 is 28.9 Å². The lowest BCUT2D eigenvalue weighted by atomic mass is 9.87. The molecule has 0 radical (unpaired) electrons. The summed E-state index contributed by atoms with van der Waals surface area (Å²) in [5.41, 5.74) is 0.639. The fourth-order valence-electron chi connectivity index (χ4n) is 3.51. The Bertz CT molecular complexity index is 774. The molecule has 0 saturated carbocycles. The van der Waals surface area contributed by atoms with E-state index in [2.05, 4.69) is 0 Å². The first-order chi connectivity index (χ1) is 12.5.